The largest absolute Gasteiger partial charge is 0.419 e. The van der Waals surface area contributed by atoms with Crippen molar-refractivity contribution in [1.29, 1.82) is 0 Å². The molecule has 3 aromatic rings. The van der Waals surface area contributed by atoms with Crippen LogP contribution in [0.5, 0.6) is 0 Å². The molecule has 1 fully saturated rings. The first-order chi connectivity index (χ1) is 13.9. The van der Waals surface area contributed by atoms with Crippen LogP contribution >= 0.6 is 11.6 Å². The molecule has 29 heavy (non-hydrogen) atoms. The monoisotopic (exact) mass is 422 g/mol. The molecule has 0 saturated carbocycles. The van der Waals surface area contributed by atoms with Crippen molar-refractivity contribution in [2.45, 2.75) is 12.7 Å². The highest BCUT2D eigenvalue weighted by molar-refractivity contribution is 6.30. The topological polar surface area (TPSA) is 45.4 Å². The van der Waals surface area contributed by atoms with Gasteiger partial charge in [-0.25, -0.2) is 0 Å². The average Bonchev–Trinajstić information content (AvgIpc) is 3.17. The van der Waals surface area contributed by atoms with Gasteiger partial charge in [0.05, 0.1) is 12.1 Å². The van der Waals surface area contributed by atoms with Gasteiger partial charge in [-0.3, -0.25) is 4.90 Å². The summed E-state index contributed by atoms with van der Waals surface area (Å²) in [5, 5.41) is 8.80. The van der Waals surface area contributed by atoms with Crippen LogP contribution in [0.3, 0.4) is 0 Å². The van der Waals surface area contributed by atoms with Crippen molar-refractivity contribution < 1.29 is 17.6 Å². The van der Waals surface area contributed by atoms with Gasteiger partial charge in [0, 0.05) is 42.5 Å². The van der Waals surface area contributed by atoms with E-state index in [1.807, 2.05) is 17.0 Å². The zero-order valence-electron chi connectivity index (χ0n) is 15.4. The van der Waals surface area contributed by atoms with Crippen molar-refractivity contribution in [2.75, 3.05) is 31.1 Å². The Labute approximate surface area is 170 Å². The molecular formula is C20H18ClF3N4O. The molecule has 1 aliphatic rings. The standard InChI is InChI=1S/C20H18ClF3N4O/c21-16-6-4-14(5-7-16)19-26-25-18(29-19)13-27-8-10-28(11-9-27)17-3-1-2-15(12-17)20(22,23)24/h1-7,12H,8-11,13H2. The van der Waals surface area contributed by atoms with Crippen molar-refractivity contribution >= 4 is 17.3 Å². The van der Waals surface area contributed by atoms with Crippen molar-refractivity contribution in [3.05, 3.63) is 65.0 Å². The summed E-state index contributed by atoms with van der Waals surface area (Å²) in [6.07, 6.45) is -4.34. The number of hydrogen-bond donors (Lipinski definition) is 0. The Morgan fingerprint density at radius 1 is 0.966 bits per heavy atom. The van der Waals surface area contributed by atoms with Gasteiger partial charge < -0.3 is 9.32 Å². The highest BCUT2D eigenvalue weighted by Gasteiger charge is 2.31. The van der Waals surface area contributed by atoms with E-state index in [0.29, 0.717) is 55.2 Å². The van der Waals surface area contributed by atoms with Crippen LogP contribution in [0.25, 0.3) is 11.5 Å². The zero-order valence-corrected chi connectivity index (χ0v) is 16.1. The average molecular weight is 423 g/mol. The fraction of sp³-hybridized carbons (Fsp3) is 0.300. The number of hydrogen-bond acceptors (Lipinski definition) is 5. The molecule has 0 bridgehead atoms. The van der Waals surface area contributed by atoms with E-state index in [9.17, 15) is 13.2 Å². The maximum absolute atomic E-state index is 12.9. The van der Waals surface area contributed by atoms with Crippen LogP contribution in [0.2, 0.25) is 5.02 Å². The van der Waals surface area contributed by atoms with Crippen molar-refractivity contribution in [3.8, 4) is 11.5 Å². The number of benzene rings is 2. The summed E-state index contributed by atoms with van der Waals surface area (Å²) >= 11 is 5.89. The van der Waals surface area contributed by atoms with Gasteiger partial charge in [-0.15, -0.1) is 10.2 Å². The van der Waals surface area contributed by atoms with Crippen LogP contribution in [0.1, 0.15) is 11.5 Å². The number of halogens is 4. The van der Waals surface area contributed by atoms with Crippen molar-refractivity contribution in [1.82, 2.24) is 15.1 Å². The summed E-state index contributed by atoms with van der Waals surface area (Å²) in [6.45, 7) is 3.12. The van der Waals surface area contributed by atoms with Gasteiger partial charge in [-0.2, -0.15) is 13.2 Å². The number of aromatic nitrogens is 2. The summed E-state index contributed by atoms with van der Waals surface area (Å²) in [4.78, 5) is 4.10. The molecule has 0 spiro atoms. The SMILES string of the molecule is FC(F)(F)c1cccc(N2CCN(Cc3nnc(-c4ccc(Cl)cc4)o3)CC2)c1. The lowest BCUT2D eigenvalue weighted by atomic mass is 10.1. The van der Waals surface area contributed by atoms with Crippen molar-refractivity contribution in [3.63, 3.8) is 0 Å². The molecule has 1 aromatic heterocycles. The lowest BCUT2D eigenvalue weighted by molar-refractivity contribution is -0.137. The molecule has 1 aliphatic heterocycles. The third kappa shape index (κ3) is 4.71. The fourth-order valence-corrected chi connectivity index (χ4v) is 3.39. The molecule has 0 unspecified atom stereocenters. The molecule has 0 atom stereocenters. The summed E-state index contributed by atoms with van der Waals surface area (Å²) in [7, 11) is 0. The summed E-state index contributed by atoms with van der Waals surface area (Å²) < 4.78 is 44.5. The van der Waals surface area contributed by atoms with E-state index in [4.69, 9.17) is 16.0 Å². The molecule has 1 saturated heterocycles. The predicted octanol–water partition coefficient (Wildman–Crippen LogP) is 4.73. The number of piperazine rings is 1. The van der Waals surface area contributed by atoms with Gasteiger partial charge in [0.15, 0.2) is 0 Å². The van der Waals surface area contributed by atoms with Crippen LogP contribution in [-0.4, -0.2) is 41.3 Å². The lowest BCUT2D eigenvalue weighted by Crippen LogP contribution is -2.46. The number of alkyl halides is 3. The van der Waals surface area contributed by atoms with Crippen molar-refractivity contribution in [2.24, 2.45) is 0 Å². The Bertz CT molecular complexity index is 966. The predicted molar refractivity (Wildman–Crippen MR) is 104 cm³/mol. The lowest BCUT2D eigenvalue weighted by Gasteiger charge is -2.35. The van der Waals surface area contributed by atoms with Gasteiger partial charge in [0.2, 0.25) is 11.8 Å². The van der Waals surface area contributed by atoms with Gasteiger partial charge in [-0.1, -0.05) is 17.7 Å². The number of anilines is 1. The maximum atomic E-state index is 12.9. The van der Waals surface area contributed by atoms with Gasteiger partial charge in [-0.05, 0) is 42.5 Å². The van der Waals surface area contributed by atoms with Crippen LogP contribution in [0.4, 0.5) is 18.9 Å². The molecule has 4 rings (SSSR count). The first-order valence-electron chi connectivity index (χ1n) is 9.11. The van der Waals surface area contributed by atoms with E-state index in [1.165, 1.54) is 12.1 Å². The van der Waals surface area contributed by atoms with E-state index >= 15 is 0 Å². The van der Waals surface area contributed by atoms with E-state index < -0.39 is 11.7 Å². The highest BCUT2D eigenvalue weighted by atomic mass is 35.5. The first-order valence-corrected chi connectivity index (χ1v) is 9.49. The summed E-state index contributed by atoms with van der Waals surface area (Å²) in [5.41, 5.74) is 0.753. The number of rotatable bonds is 4. The minimum atomic E-state index is -4.34. The van der Waals surface area contributed by atoms with Crippen LogP contribution in [0.15, 0.2) is 52.9 Å². The Balaban J connectivity index is 1.35. The van der Waals surface area contributed by atoms with Gasteiger partial charge in [0.1, 0.15) is 0 Å². The summed E-state index contributed by atoms with van der Waals surface area (Å²) in [6, 6.07) is 12.6. The highest BCUT2D eigenvalue weighted by Crippen LogP contribution is 2.32. The second-order valence-corrected chi connectivity index (χ2v) is 7.26. The Morgan fingerprint density at radius 3 is 2.38 bits per heavy atom. The molecule has 0 amide bonds. The normalized spacial score (nSPS) is 15.7. The number of nitrogens with zero attached hydrogens (tertiary/aromatic N) is 4. The second-order valence-electron chi connectivity index (χ2n) is 6.82. The molecule has 0 radical (unpaired) electrons. The Morgan fingerprint density at radius 2 is 1.69 bits per heavy atom. The molecule has 0 N–H and O–H groups in total. The second kappa shape index (κ2) is 8.04. The molecular weight excluding hydrogens is 405 g/mol. The third-order valence-corrected chi connectivity index (χ3v) is 5.08. The first kappa shape index (κ1) is 19.7. The maximum Gasteiger partial charge on any atom is 0.416 e. The Kier molecular flexibility index (Phi) is 5.47. The molecule has 2 heterocycles. The zero-order chi connectivity index (χ0) is 20.4. The Hall–Kier alpha value is -2.58. The molecule has 5 nitrogen and oxygen atoms in total. The minimum Gasteiger partial charge on any atom is -0.419 e. The third-order valence-electron chi connectivity index (χ3n) is 4.83. The van der Waals surface area contributed by atoms with E-state index in [0.717, 1.165) is 11.6 Å². The van der Waals surface area contributed by atoms with Gasteiger partial charge in [0.25, 0.3) is 0 Å². The van der Waals surface area contributed by atoms with E-state index in [-0.39, 0.29) is 0 Å². The molecule has 0 aliphatic carbocycles. The van der Waals surface area contributed by atoms with E-state index in [1.54, 1.807) is 18.2 Å². The van der Waals surface area contributed by atoms with E-state index in [2.05, 4.69) is 15.1 Å². The molecule has 9 heteroatoms. The minimum absolute atomic E-state index is 0.430. The van der Waals surface area contributed by atoms with Crippen LogP contribution in [0, 0.1) is 0 Å². The molecule has 152 valence electrons. The summed E-state index contributed by atoms with van der Waals surface area (Å²) in [5.74, 6) is 0.932. The molecule has 2 aromatic carbocycles. The fourth-order valence-electron chi connectivity index (χ4n) is 3.26. The van der Waals surface area contributed by atoms with Crippen LogP contribution < -0.4 is 4.90 Å². The van der Waals surface area contributed by atoms with Gasteiger partial charge >= 0.3 is 6.18 Å². The smallest absolute Gasteiger partial charge is 0.416 e. The quantitative estimate of drug-likeness (QED) is 0.608. The van der Waals surface area contributed by atoms with Crippen LogP contribution in [-0.2, 0) is 12.7 Å².